The van der Waals surface area contributed by atoms with Gasteiger partial charge in [-0.1, -0.05) is 39.8 Å². The summed E-state index contributed by atoms with van der Waals surface area (Å²) in [6.07, 6.45) is 2.10. The van der Waals surface area contributed by atoms with Gasteiger partial charge in [-0.15, -0.1) is 0 Å². The highest BCUT2D eigenvalue weighted by atomic mass is 19.1. The molecular weight excluding hydrogens is 225 g/mol. The normalized spacial score (nSPS) is 13.7. The van der Waals surface area contributed by atoms with E-state index < -0.39 is 0 Å². The molecule has 1 rings (SSSR count). The van der Waals surface area contributed by atoms with Gasteiger partial charge in [-0.2, -0.15) is 0 Å². The Bertz CT molecular complexity index is 379. The van der Waals surface area contributed by atoms with E-state index in [-0.39, 0.29) is 17.3 Å². The summed E-state index contributed by atoms with van der Waals surface area (Å²) in [6.45, 7) is 11.6. The molecule has 1 aromatic rings. The van der Waals surface area contributed by atoms with Crippen molar-refractivity contribution < 1.29 is 4.39 Å². The largest absolute Gasteiger partial charge is 0.310 e. The lowest BCUT2D eigenvalue weighted by molar-refractivity contribution is 0.311. The Labute approximate surface area is 111 Å². The first kappa shape index (κ1) is 15.2. The summed E-state index contributed by atoms with van der Waals surface area (Å²) in [5.41, 5.74) is 2.00. The molecule has 0 saturated heterocycles. The Balaban J connectivity index is 2.90. The lowest BCUT2D eigenvalue weighted by Crippen LogP contribution is -2.26. The van der Waals surface area contributed by atoms with Crippen molar-refractivity contribution in [2.45, 2.75) is 53.5 Å². The molecule has 1 nitrogen and oxygen atoms in total. The van der Waals surface area contributed by atoms with Crippen molar-refractivity contribution in [2.75, 3.05) is 6.54 Å². The zero-order chi connectivity index (χ0) is 13.8. The number of hydrogen-bond donors (Lipinski definition) is 1. The van der Waals surface area contributed by atoms with Crippen LogP contribution in [0, 0.1) is 18.2 Å². The quantitative estimate of drug-likeness (QED) is 0.805. The first-order chi connectivity index (χ1) is 8.33. The van der Waals surface area contributed by atoms with E-state index in [0.29, 0.717) is 5.56 Å². The zero-order valence-corrected chi connectivity index (χ0v) is 12.3. The predicted molar refractivity (Wildman–Crippen MR) is 76.2 cm³/mol. The van der Waals surface area contributed by atoms with Crippen LogP contribution in [0.15, 0.2) is 18.2 Å². The van der Waals surface area contributed by atoms with Gasteiger partial charge in [-0.05, 0) is 48.9 Å². The molecule has 2 heteroatoms. The van der Waals surface area contributed by atoms with E-state index in [1.165, 1.54) is 0 Å². The van der Waals surface area contributed by atoms with Crippen molar-refractivity contribution in [3.05, 3.63) is 35.1 Å². The first-order valence-corrected chi connectivity index (χ1v) is 6.83. The maximum Gasteiger partial charge on any atom is 0.126 e. The Hall–Kier alpha value is -0.890. The van der Waals surface area contributed by atoms with Crippen molar-refractivity contribution in [2.24, 2.45) is 5.41 Å². The van der Waals surface area contributed by atoms with Crippen LogP contribution in [0.5, 0.6) is 0 Å². The van der Waals surface area contributed by atoms with Gasteiger partial charge < -0.3 is 5.32 Å². The average Bonchev–Trinajstić information content (AvgIpc) is 2.26. The minimum Gasteiger partial charge on any atom is -0.310 e. The molecule has 0 saturated carbocycles. The minimum absolute atomic E-state index is 0.107. The van der Waals surface area contributed by atoms with Crippen LogP contribution < -0.4 is 5.32 Å². The van der Waals surface area contributed by atoms with Gasteiger partial charge >= 0.3 is 0 Å². The maximum atomic E-state index is 13.7. The monoisotopic (exact) mass is 251 g/mol. The SMILES string of the molecule is CCCNC(CC(C)(C)C)c1ccc(C)c(F)c1. The summed E-state index contributed by atoms with van der Waals surface area (Å²) >= 11 is 0. The van der Waals surface area contributed by atoms with E-state index in [1.807, 2.05) is 12.1 Å². The summed E-state index contributed by atoms with van der Waals surface area (Å²) < 4.78 is 13.7. The van der Waals surface area contributed by atoms with Crippen molar-refractivity contribution in [1.82, 2.24) is 5.32 Å². The van der Waals surface area contributed by atoms with Gasteiger partial charge in [0.25, 0.3) is 0 Å². The van der Waals surface area contributed by atoms with Gasteiger partial charge in [0.1, 0.15) is 5.82 Å². The van der Waals surface area contributed by atoms with Crippen LogP contribution in [-0.4, -0.2) is 6.54 Å². The molecule has 18 heavy (non-hydrogen) atoms. The van der Waals surface area contributed by atoms with Gasteiger partial charge in [-0.3, -0.25) is 0 Å². The number of benzene rings is 1. The van der Waals surface area contributed by atoms with Crippen LogP contribution in [0.2, 0.25) is 0 Å². The predicted octanol–water partition coefficient (Wildman–Crippen LogP) is 4.61. The van der Waals surface area contributed by atoms with Crippen molar-refractivity contribution in [1.29, 1.82) is 0 Å². The summed E-state index contributed by atoms with van der Waals surface area (Å²) in [5, 5.41) is 3.52. The maximum absolute atomic E-state index is 13.7. The number of nitrogens with one attached hydrogen (secondary N) is 1. The molecule has 1 unspecified atom stereocenters. The Kier molecular flexibility index (Phi) is 5.33. The molecule has 1 N–H and O–H groups in total. The third kappa shape index (κ3) is 4.77. The number of rotatable bonds is 5. The van der Waals surface area contributed by atoms with Crippen LogP contribution in [-0.2, 0) is 0 Å². The van der Waals surface area contributed by atoms with Gasteiger partial charge in [0.05, 0.1) is 0 Å². The fourth-order valence-electron chi connectivity index (χ4n) is 2.06. The first-order valence-electron chi connectivity index (χ1n) is 6.83. The van der Waals surface area contributed by atoms with Crippen LogP contribution >= 0.6 is 0 Å². The zero-order valence-electron chi connectivity index (χ0n) is 12.3. The van der Waals surface area contributed by atoms with Crippen LogP contribution in [0.4, 0.5) is 4.39 Å². The molecule has 0 radical (unpaired) electrons. The third-order valence-corrected chi connectivity index (χ3v) is 3.06. The van der Waals surface area contributed by atoms with Gasteiger partial charge in [-0.25, -0.2) is 4.39 Å². The molecule has 1 atom stereocenters. The molecular formula is C16H26FN. The summed E-state index contributed by atoms with van der Waals surface area (Å²) in [5.74, 6) is -0.107. The molecule has 0 amide bonds. The second kappa shape index (κ2) is 6.33. The van der Waals surface area contributed by atoms with Gasteiger partial charge in [0.15, 0.2) is 0 Å². The van der Waals surface area contributed by atoms with Crippen LogP contribution in [0.3, 0.4) is 0 Å². The summed E-state index contributed by atoms with van der Waals surface area (Å²) in [6, 6.07) is 5.82. The Morgan fingerprint density at radius 3 is 2.44 bits per heavy atom. The highest BCUT2D eigenvalue weighted by molar-refractivity contribution is 5.26. The molecule has 0 aromatic heterocycles. The number of halogens is 1. The van der Waals surface area contributed by atoms with E-state index in [1.54, 1.807) is 13.0 Å². The molecule has 1 aromatic carbocycles. The Morgan fingerprint density at radius 2 is 1.94 bits per heavy atom. The number of aryl methyl sites for hydroxylation is 1. The molecule has 0 aliphatic rings. The van der Waals surface area contributed by atoms with E-state index in [2.05, 4.69) is 33.0 Å². The molecule has 0 fully saturated rings. The van der Waals surface area contributed by atoms with Gasteiger partial charge in [0, 0.05) is 6.04 Å². The van der Waals surface area contributed by atoms with Crippen molar-refractivity contribution >= 4 is 0 Å². The minimum atomic E-state index is -0.107. The van der Waals surface area contributed by atoms with Crippen LogP contribution in [0.1, 0.15) is 57.7 Å². The van der Waals surface area contributed by atoms with E-state index >= 15 is 0 Å². The lowest BCUT2D eigenvalue weighted by atomic mass is 9.85. The second-order valence-electron chi connectivity index (χ2n) is 6.28. The highest BCUT2D eigenvalue weighted by Crippen LogP contribution is 2.30. The van der Waals surface area contributed by atoms with Crippen molar-refractivity contribution in [3.63, 3.8) is 0 Å². The molecule has 0 spiro atoms. The van der Waals surface area contributed by atoms with E-state index in [0.717, 1.165) is 24.9 Å². The van der Waals surface area contributed by atoms with E-state index in [9.17, 15) is 4.39 Å². The highest BCUT2D eigenvalue weighted by Gasteiger charge is 2.20. The molecule has 102 valence electrons. The van der Waals surface area contributed by atoms with Crippen LogP contribution in [0.25, 0.3) is 0 Å². The summed E-state index contributed by atoms with van der Waals surface area (Å²) in [4.78, 5) is 0. The molecule has 0 aliphatic heterocycles. The fraction of sp³-hybridized carbons (Fsp3) is 0.625. The molecule has 0 bridgehead atoms. The lowest BCUT2D eigenvalue weighted by Gasteiger charge is -2.27. The van der Waals surface area contributed by atoms with Crippen molar-refractivity contribution in [3.8, 4) is 0 Å². The molecule has 0 aliphatic carbocycles. The smallest absolute Gasteiger partial charge is 0.126 e. The fourth-order valence-corrected chi connectivity index (χ4v) is 2.06. The van der Waals surface area contributed by atoms with Gasteiger partial charge in [0.2, 0.25) is 0 Å². The average molecular weight is 251 g/mol. The second-order valence-corrected chi connectivity index (χ2v) is 6.28. The van der Waals surface area contributed by atoms with E-state index in [4.69, 9.17) is 0 Å². The standard InChI is InChI=1S/C16H26FN/c1-6-9-18-15(11-16(3,4)5)13-8-7-12(2)14(17)10-13/h7-8,10,15,18H,6,9,11H2,1-5H3. The topological polar surface area (TPSA) is 12.0 Å². The number of hydrogen-bond acceptors (Lipinski definition) is 1. The third-order valence-electron chi connectivity index (χ3n) is 3.06. The Morgan fingerprint density at radius 1 is 1.28 bits per heavy atom. The molecule has 0 heterocycles. The summed E-state index contributed by atoms with van der Waals surface area (Å²) in [7, 11) is 0.